The van der Waals surface area contributed by atoms with Gasteiger partial charge in [0.15, 0.2) is 5.11 Å². The molecule has 0 radical (unpaired) electrons. The van der Waals surface area contributed by atoms with Crippen LogP contribution in [0.1, 0.15) is 35.2 Å². The molecule has 0 spiro atoms. The van der Waals surface area contributed by atoms with Crippen LogP contribution in [0.4, 0.5) is 0 Å². The van der Waals surface area contributed by atoms with E-state index in [2.05, 4.69) is 22.3 Å². The highest BCUT2D eigenvalue weighted by atomic mass is 32.1. The first-order valence-electron chi connectivity index (χ1n) is 9.09. The number of nitrogens with zero attached hydrogens (tertiary/aromatic N) is 1. The highest BCUT2D eigenvalue weighted by Gasteiger charge is 2.16. The van der Waals surface area contributed by atoms with Crippen molar-refractivity contribution in [1.82, 2.24) is 10.2 Å². The molecule has 1 aliphatic rings. The van der Waals surface area contributed by atoms with Crippen molar-refractivity contribution < 1.29 is 9.53 Å². The van der Waals surface area contributed by atoms with Gasteiger partial charge in [-0.1, -0.05) is 36.4 Å². The Kier molecular flexibility index (Phi) is 6.61. The summed E-state index contributed by atoms with van der Waals surface area (Å²) in [6, 6.07) is 17.4. The second-order valence-electron chi connectivity index (χ2n) is 6.42. The van der Waals surface area contributed by atoms with Crippen LogP contribution in [0, 0.1) is 0 Å². The molecule has 1 amide bonds. The fourth-order valence-electron chi connectivity index (χ4n) is 3.00. The number of hydrogen-bond acceptors (Lipinski definition) is 3. The summed E-state index contributed by atoms with van der Waals surface area (Å²) in [5.41, 5.74) is 1.79. The molecule has 2 aromatic rings. The van der Waals surface area contributed by atoms with Gasteiger partial charge >= 0.3 is 0 Å². The average Bonchev–Trinajstić information content (AvgIpc) is 2.69. The van der Waals surface area contributed by atoms with Gasteiger partial charge in [0, 0.05) is 25.1 Å². The van der Waals surface area contributed by atoms with E-state index in [1.54, 1.807) is 12.1 Å². The van der Waals surface area contributed by atoms with Crippen LogP contribution in [0.2, 0.25) is 0 Å². The van der Waals surface area contributed by atoms with Crippen LogP contribution in [0.5, 0.6) is 5.75 Å². The van der Waals surface area contributed by atoms with Crippen molar-refractivity contribution in [3.05, 3.63) is 65.7 Å². The zero-order valence-electron chi connectivity index (χ0n) is 14.8. The molecule has 136 valence electrons. The minimum Gasteiger partial charge on any atom is -0.493 e. The van der Waals surface area contributed by atoms with Crippen molar-refractivity contribution in [3.63, 3.8) is 0 Å². The van der Waals surface area contributed by atoms with Crippen LogP contribution in [-0.2, 0) is 6.42 Å². The van der Waals surface area contributed by atoms with E-state index in [0.29, 0.717) is 23.0 Å². The molecule has 0 bridgehead atoms. The second-order valence-corrected chi connectivity index (χ2v) is 6.81. The quantitative estimate of drug-likeness (QED) is 0.815. The van der Waals surface area contributed by atoms with Crippen LogP contribution < -0.4 is 10.1 Å². The molecule has 3 rings (SSSR count). The Morgan fingerprint density at radius 2 is 1.81 bits per heavy atom. The smallest absolute Gasteiger partial charge is 0.257 e. The Balaban J connectivity index is 1.52. The lowest BCUT2D eigenvalue weighted by Gasteiger charge is -2.28. The van der Waals surface area contributed by atoms with E-state index < -0.39 is 0 Å². The zero-order valence-corrected chi connectivity index (χ0v) is 15.6. The van der Waals surface area contributed by atoms with Crippen molar-refractivity contribution in [3.8, 4) is 5.75 Å². The van der Waals surface area contributed by atoms with Gasteiger partial charge in [0.2, 0.25) is 0 Å². The predicted octanol–water partition coefficient (Wildman–Crippen LogP) is 3.81. The molecular formula is C21H24N2O2S. The lowest BCUT2D eigenvalue weighted by Crippen LogP contribution is -2.44. The van der Waals surface area contributed by atoms with Gasteiger partial charge in [0.25, 0.3) is 5.91 Å². The molecular weight excluding hydrogens is 344 g/mol. The number of thiocarbonyl (C=S) groups is 1. The van der Waals surface area contributed by atoms with Crippen LogP contribution >= 0.6 is 12.2 Å². The van der Waals surface area contributed by atoms with Gasteiger partial charge < -0.3 is 9.64 Å². The highest BCUT2D eigenvalue weighted by molar-refractivity contribution is 7.80. The van der Waals surface area contributed by atoms with E-state index >= 15 is 0 Å². The van der Waals surface area contributed by atoms with Gasteiger partial charge in [0.05, 0.1) is 6.61 Å². The molecule has 0 atom stereocenters. The number of likely N-dealkylation sites (tertiary alicyclic amines) is 1. The zero-order chi connectivity index (χ0) is 18.2. The average molecular weight is 369 g/mol. The van der Waals surface area contributed by atoms with Crippen molar-refractivity contribution in [2.45, 2.75) is 25.7 Å². The molecule has 2 aromatic carbocycles. The lowest BCUT2D eigenvalue weighted by molar-refractivity contribution is 0.0972. The summed E-state index contributed by atoms with van der Waals surface area (Å²) in [7, 11) is 0. The summed E-state index contributed by atoms with van der Waals surface area (Å²) in [6.07, 6.45) is 4.31. The number of amides is 1. The number of piperidine rings is 1. The van der Waals surface area contributed by atoms with Gasteiger partial charge in [0.1, 0.15) is 5.75 Å². The Bertz CT molecular complexity index is 743. The number of carbonyl (C=O) groups excluding carboxylic acids is 1. The van der Waals surface area contributed by atoms with Crippen LogP contribution in [0.3, 0.4) is 0 Å². The monoisotopic (exact) mass is 368 g/mol. The third-order valence-corrected chi connectivity index (χ3v) is 4.82. The third kappa shape index (κ3) is 5.30. The number of carbonyl (C=O) groups is 1. The summed E-state index contributed by atoms with van der Waals surface area (Å²) < 4.78 is 5.80. The Morgan fingerprint density at radius 1 is 1.04 bits per heavy atom. The molecule has 1 aliphatic heterocycles. The molecule has 0 unspecified atom stereocenters. The Morgan fingerprint density at radius 3 is 2.58 bits per heavy atom. The van der Waals surface area contributed by atoms with Gasteiger partial charge in [-0.2, -0.15) is 0 Å². The predicted molar refractivity (Wildman–Crippen MR) is 108 cm³/mol. The maximum absolute atomic E-state index is 12.5. The first-order chi connectivity index (χ1) is 12.7. The summed E-state index contributed by atoms with van der Waals surface area (Å²) in [4.78, 5) is 14.5. The topological polar surface area (TPSA) is 41.6 Å². The number of hydrogen-bond donors (Lipinski definition) is 1. The van der Waals surface area contributed by atoms with Crippen LogP contribution in [0.15, 0.2) is 54.6 Å². The minimum atomic E-state index is -0.186. The molecule has 5 heteroatoms. The Labute approximate surface area is 160 Å². The summed E-state index contributed by atoms with van der Waals surface area (Å²) in [5, 5.41) is 3.36. The number of ether oxygens (including phenoxy) is 1. The van der Waals surface area contributed by atoms with E-state index in [9.17, 15) is 4.79 Å². The SMILES string of the molecule is O=C(NC(=S)N1CCCCC1)c1cccc(OCCc2ccccc2)c1. The van der Waals surface area contributed by atoms with Gasteiger partial charge in [-0.25, -0.2) is 0 Å². The molecule has 1 heterocycles. The maximum Gasteiger partial charge on any atom is 0.257 e. The molecule has 4 nitrogen and oxygen atoms in total. The van der Waals surface area contributed by atoms with E-state index in [1.807, 2.05) is 30.3 Å². The lowest BCUT2D eigenvalue weighted by atomic mass is 10.1. The maximum atomic E-state index is 12.5. The van der Waals surface area contributed by atoms with Crippen molar-refractivity contribution in [2.24, 2.45) is 0 Å². The summed E-state index contributed by atoms with van der Waals surface area (Å²) in [5.74, 6) is 0.506. The first kappa shape index (κ1) is 18.4. The normalized spacial score (nSPS) is 13.9. The molecule has 26 heavy (non-hydrogen) atoms. The third-order valence-electron chi connectivity index (χ3n) is 4.46. The van der Waals surface area contributed by atoms with E-state index in [1.165, 1.54) is 12.0 Å². The van der Waals surface area contributed by atoms with E-state index in [4.69, 9.17) is 17.0 Å². The van der Waals surface area contributed by atoms with Crippen LogP contribution in [0.25, 0.3) is 0 Å². The van der Waals surface area contributed by atoms with Gasteiger partial charge in [-0.3, -0.25) is 10.1 Å². The standard InChI is InChI=1S/C21H24N2O2S/c24-20(22-21(26)23-13-5-2-6-14-23)18-10-7-11-19(16-18)25-15-12-17-8-3-1-4-9-17/h1,3-4,7-11,16H,2,5-6,12-15H2,(H,22,24,26). The number of rotatable bonds is 5. The van der Waals surface area contributed by atoms with E-state index in [0.717, 1.165) is 32.4 Å². The first-order valence-corrected chi connectivity index (χ1v) is 9.50. The van der Waals surface area contributed by atoms with Crippen molar-refractivity contribution >= 4 is 23.2 Å². The second kappa shape index (κ2) is 9.34. The fraction of sp³-hybridized carbons (Fsp3) is 0.333. The molecule has 1 N–H and O–H groups in total. The van der Waals surface area contributed by atoms with Gasteiger partial charge in [-0.15, -0.1) is 0 Å². The molecule has 1 saturated heterocycles. The number of nitrogens with one attached hydrogen (secondary N) is 1. The Hall–Kier alpha value is -2.40. The van der Waals surface area contributed by atoms with E-state index in [-0.39, 0.29) is 5.91 Å². The summed E-state index contributed by atoms with van der Waals surface area (Å²) in [6.45, 7) is 2.41. The summed E-state index contributed by atoms with van der Waals surface area (Å²) >= 11 is 5.37. The fourth-order valence-corrected chi connectivity index (χ4v) is 3.28. The highest BCUT2D eigenvalue weighted by Crippen LogP contribution is 2.15. The van der Waals surface area contributed by atoms with Crippen molar-refractivity contribution in [2.75, 3.05) is 19.7 Å². The van der Waals surface area contributed by atoms with Crippen LogP contribution in [-0.4, -0.2) is 35.6 Å². The minimum absolute atomic E-state index is 0.186. The molecule has 0 aliphatic carbocycles. The largest absolute Gasteiger partial charge is 0.493 e. The van der Waals surface area contributed by atoms with Gasteiger partial charge in [-0.05, 0) is 55.2 Å². The van der Waals surface area contributed by atoms with Crippen molar-refractivity contribution in [1.29, 1.82) is 0 Å². The molecule has 0 saturated carbocycles. The molecule has 0 aromatic heterocycles. The number of benzene rings is 2. The molecule has 1 fully saturated rings.